The van der Waals surface area contributed by atoms with E-state index in [-0.39, 0.29) is 48.8 Å². The molecule has 288 valence electrons. The van der Waals surface area contributed by atoms with Crippen LogP contribution in [-0.2, 0) is 19.1 Å². The van der Waals surface area contributed by atoms with Crippen molar-refractivity contribution in [2.45, 2.75) is 99.2 Å². The van der Waals surface area contributed by atoms with Gasteiger partial charge in [0.25, 0.3) is 0 Å². The summed E-state index contributed by atoms with van der Waals surface area (Å²) in [6, 6.07) is 3.46. The van der Waals surface area contributed by atoms with Gasteiger partial charge in [-0.05, 0) is 112 Å². The van der Waals surface area contributed by atoms with E-state index >= 15 is 0 Å². The highest BCUT2D eigenvalue weighted by atomic mass is 19.4. The summed E-state index contributed by atoms with van der Waals surface area (Å²) < 4.78 is 59.8. The molecule has 7 nitrogen and oxygen atoms in total. The summed E-state index contributed by atoms with van der Waals surface area (Å²) >= 11 is 0. The minimum absolute atomic E-state index is 0.00569. The molecule has 0 aromatic heterocycles. The number of aldehydes is 1. The van der Waals surface area contributed by atoms with Crippen LogP contribution in [0.2, 0.25) is 0 Å². The zero-order valence-electron chi connectivity index (χ0n) is 32.1. The van der Waals surface area contributed by atoms with Gasteiger partial charge in [0.1, 0.15) is 18.2 Å². The number of alkyl halides is 3. The first-order valence-corrected chi connectivity index (χ1v) is 17.9. The first-order chi connectivity index (χ1) is 24.2. The van der Waals surface area contributed by atoms with E-state index in [2.05, 4.69) is 23.6 Å². The van der Waals surface area contributed by atoms with Crippen molar-refractivity contribution < 1.29 is 36.7 Å². The normalized spacial score (nSPS) is 16.9. The second-order valence-electron chi connectivity index (χ2n) is 14.7. The van der Waals surface area contributed by atoms with Gasteiger partial charge < -0.3 is 20.3 Å². The highest BCUT2D eigenvalue weighted by Gasteiger charge is 2.51. The Morgan fingerprint density at radius 3 is 2.13 bits per heavy atom. The van der Waals surface area contributed by atoms with Crippen LogP contribution in [0.4, 0.5) is 17.6 Å². The van der Waals surface area contributed by atoms with E-state index in [0.717, 1.165) is 40.9 Å². The van der Waals surface area contributed by atoms with E-state index in [9.17, 15) is 31.9 Å². The van der Waals surface area contributed by atoms with Crippen molar-refractivity contribution in [2.24, 2.45) is 17.1 Å². The molecule has 0 bridgehead atoms. The highest BCUT2D eigenvalue weighted by Crippen LogP contribution is 2.52. The van der Waals surface area contributed by atoms with Crippen molar-refractivity contribution in [3.05, 3.63) is 87.9 Å². The number of esters is 1. The molecule has 2 fully saturated rings. The average molecular weight is 732 g/mol. The molecule has 11 heteroatoms. The van der Waals surface area contributed by atoms with E-state index in [0.29, 0.717) is 31.1 Å². The number of primary amides is 1. The Hall–Kier alpha value is -3.99. The number of benzene rings is 1. The molecule has 1 aromatic carbocycles. The lowest BCUT2D eigenvalue weighted by Gasteiger charge is -2.40. The molecule has 2 N–H and O–H groups in total. The third-order valence-electron chi connectivity index (χ3n) is 9.09. The van der Waals surface area contributed by atoms with Gasteiger partial charge in [0.05, 0.1) is 18.6 Å². The Morgan fingerprint density at radius 2 is 1.67 bits per heavy atom. The molecule has 1 spiro atoms. The van der Waals surface area contributed by atoms with Crippen molar-refractivity contribution >= 4 is 23.7 Å². The monoisotopic (exact) mass is 731 g/mol. The number of likely N-dealkylation sites (tertiary alicyclic amines) is 1. The van der Waals surface area contributed by atoms with Crippen LogP contribution in [0, 0.1) is 32.1 Å². The number of aryl methyl sites for hydroxylation is 3. The van der Waals surface area contributed by atoms with Gasteiger partial charge >= 0.3 is 12.1 Å². The van der Waals surface area contributed by atoms with E-state index in [1.54, 1.807) is 14.0 Å². The van der Waals surface area contributed by atoms with Gasteiger partial charge in [-0.3, -0.25) is 14.4 Å². The van der Waals surface area contributed by atoms with Crippen LogP contribution in [0.1, 0.15) is 88.5 Å². The van der Waals surface area contributed by atoms with Gasteiger partial charge in [-0.2, -0.15) is 13.2 Å². The van der Waals surface area contributed by atoms with Gasteiger partial charge in [-0.1, -0.05) is 49.8 Å². The van der Waals surface area contributed by atoms with Crippen molar-refractivity contribution in [2.75, 3.05) is 33.3 Å². The third-order valence-corrected chi connectivity index (χ3v) is 9.09. The van der Waals surface area contributed by atoms with Crippen molar-refractivity contribution in [1.82, 2.24) is 9.80 Å². The lowest BCUT2D eigenvalue weighted by Crippen LogP contribution is -2.48. The van der Waals surface area contributed by atoms with Crippen LogP contribution in [0.15, 0.2) is 65.7 Å². The molecular formula is C41H57F4N3O4. The fraction of sp³-hybridized carbons (Fsp3) is 0.537. The van der Waals surface area contributed by atoms with Crippen LogP contribution in [0.5, 0.6) is 0 Å². The number of likely N-dealkylation sites (N-methyl/N-ethyl adjacent to an activating group) is 1. The molecule has 1 heterocycles. The van der Waals surface area contributed by atoms with Crippen LogP contribution in [0.3, 0.4) is 0 Å². The maximum absolute atomic E-state index is 14.3. The number of ether oxygens (including phenoxy) is 1. The largest absolute Gasteiger partial charge is 0.466 e. The summed E-state index contributed by atoms with van der Waals surface area (Å²) in [5.74, 6) is -1.15. The number of hydrogen-bond donors (Lipinski definition) is 1. The number of carbonyl (C=O) groups excluding carboxylic acids is 3. The molecule has 1 aliphatic carbocycles. The molecule has 1 atom stereocenters. The number of carbonyl (C=O) groups is 3. The van der Waals surface area contributed by atoms with Gasteiger partial charge in [-0.15, -0.1) is 0 Å². The quantitative estimate of drug-likeness (QED) is 0.0567. The number of halogens is 4. The Bertz CT molecular complexity index is 1540. The average Bonchev–Trinajstić information content (AvgIpc) is 3.79. The van der Waals surface area contributed by atoms with Gasteiger partial charge in [0.15, 0.2) is 0 Å². The van der Waals surface area contributed by atoms with Gasteiger partial charge in [0.2, 0.25) is 5.91 Å². The van der Waals surface area contributed by atoms with E-state index in [1.165, 1.54) is 35.6 Å². The molecule has 3 rings (SSSR count). The lowest BCUT2D eigenvalue weighted by atomic mass is 9.92. The van der Waals surface area contributed by atoms with E-state index in [1.807, 2.05) is 47.6 Å². The second-order valence-corrected chi connectivity index (χ2v) is 14.7. The van der Waals surface area contributed by atoms with Crippen molar-refractivity contribution in [1.29, 1.82) is 0 Å². The minimum Gasteiger partial charge on any atom is -0.466 e. The standard InChI is InChI=1S/C21H27FO2.C20H30F3N3O2/c1-7-24-20(23)9-8-19(22)13-18(10-14(2)3)21-16(5)11-15(4)12-17(21)6;1-14(2)10-17(18(24)28)25(3)11-15(16(5-9-27)20(21,22)23)4-8-26-12-19(13-26)6-7-19/h10-13H,2,7-9H2,1,3-6H3;5,9,11,14,17H,4,6-8,10,12-13H2,1-3H3,(H2,24,28)/b18-10+,19-13-;15-11-,16-5+. The van der Waals surface area contributed by atoms with Crippen molar-refractivity contribution in [3.63, 3.8) is 0 Å². The molecule has 2 aliphatic rings. The maximum atomic E-state index is 14.3. The summed E-state index contributed by atoms with van der Waals surface area (Å²) in [7, 11) is 1.55. The molecule has 1 aliphatic heterocycles. The predicted octanol–water partition coefficient (Wildman–Crippen LogP) is 8.64. The maximum Gasteiger partial charge on any atom is 0.416 e. The second kappa shape index (κ2) is 19.7. The van der Waals surface area contributed by atoms with E-state index in [4.69, 9.17) is 10.5 Å². The lowest BCUT2D eigenvalue weighted by molar-refractivity contribution is -0.143. The van der Waals surface area contributed by atoms with Crippen LogP contribution >= 0.6 is 0 Å². The van der Waals surface area contributed by atoms with Crippen LogP contribution in [0.25, 0.3) is 5.57 Å². The first-order valence-electron chi connectivity index (χ1n) is 17.9. The predicted molar refractivity (Wildman–Crippen MR) is 200 cm³/mol. The van der Waals surface area contributed by atoms with Gasteiger partial charge in [0, 0.05) is 39.3 Å². The zero-order valence-corrected chi connectivity index (χ0v) is 32.1. The molecule has 0 radical (unpaired) electrons. The molecule has 1 saturated heterocycles. The molecule has 52 heavy (non-hydrogen) atoms. The number of hydrogen-bond acceptors (Lipinski definition) is 6. The number of allylic oxidation sites excluding steroid dienone is 7. The third kappa shape index (κ3) is 14.2. The topological polar surface area (TPSA) is 92.9 Å². The van der Waals surface area contributed by atoms with Crippen LogP contribution in [-0.4, -0.2) is 73.5 Å². The SMILES string of the molecule is C=C(C)/C=C(\C=C(/F)CCC(=O)OCC)c1c(C)cc(C)cc1C.CC(C)CC(C(N)=O)N(C)/C=C(CCN1CC2(CC2)C1)\C(=C/C=O)C(F)(F)F. The first kappa shape index (κ1) is 44.2. The minimum atomic E-state index is -4.65. The smallest absolute Gasteiger partial charge is 0.416 e. The fourth-order valence-electron chi connectivity index (χ4n) is 6.60. The summed E-state index contributed by atoms with van der Waals surface area (Å²) in [5.41, 5.74) is 10.9. The Morgan fingerprint density at radius 1 is 1.08 bits per heavy atom. The summed E-state index contributed by atoms with van der Waals surface area (Å²) in [6.07, 6.45) is 3.81. The molecule has 1 saturated carbocycles. The van der Waals surface area contributed by atoms with Crippen molar-refractivity contribution in [3.8, 4) is 0 Å². The summed E-state index contributed by atoms with van der Waals surface area (Å²) in [5, 5.41) is 0. The number of rotatable bonds is 17. The number of nitrogens with two attached hydrogens (primary N) is 1. The Kier molecular flexibility index (Phi) is 16.8. The number of amides is 1. The van der Waals surface area contributed by atoms with E-state index < -0.39 is 23.7 Å². The molecular weight excluding hydrogens is 674 g/mol. The fourth-order valence-corrected chi connectivity index (χ4v) is 6.60. The van der Waals surface area contributed by atoms with Crippen LogP contribution < -0.4 is 5.73 Å². The zero-order chi connectivity index (χ0) is 39.4. The highest BCUT2D eigenvalue weighted by molar-refractivity contribution is 5.81. The van der Waals surface area contributed by atoms with Gasteiger partial charge in [-0.25, -0.2) is 4.39 Å². The summed E-state index contributed by atoms with van der Waals surface area (Å²) in [4.78, 5) is 37.6. The summed E-state index contributed by atoms with van der Waals surface area (Å²) in [6.45, 7) is 20.1. The number of nitrogens with zero attached hydrogens (tertiary/aromatic N) is 2. The Balaban J connectivity index is 0.000000365. The molecule has 1 aromatic rings. The molecule has 1 unspecified atom stereocenters. The molecule has 1 amide bonds. The Labute approximate surface area is 307 Å².